The number of hydrogen-bond acceptors (Lipinski definition) is 3. The second-order valence-electron chi connectivity index (χ2n) is 7.90. The molecule has 2 aliphatic rings. The normalized spacial score (nSPS) is 21.9. The Morgan fingerprint density at radius 2 is 1.79 bits per heavy atom. The van der Waals surface area contributed by atoms with Crippen LogP contribution in [0.3, 0.4) is 0 Å². The van der Waals surface area contributed by atoms with Crippen molar-refractivity contribution >= 4 is 5.69 Å². The molecule has 3 nitrogen and oxygen atoms in total. The molecule has 3 aromatic carbocycles. The van der Waals surface area contributed by atoms with Crippen LogP contribution >= 0.6 is 0 Å². The minimum Gasteiger partial charge on any atom is -0.508 e. The zero-order valence-electron chi connectivity index (χ0n) is 16.3. The molecule has 1 aliphatic carbocycles. The molecule has 2 N–H and O–H groups in total. The zero-order chi connectivity index (χ0) is 19.6. The number of benzene rings is 3. The van der Waals surface area contributed by atoms with Crippen molar-refractivity contribution < 1.29 is 9.84 Å². The molecule has 0 aromatic heterocycles. The average molecular weight is 383 g/mol. The second-order valence-corrected chi connectivity index (χ2v) is 7.90. The van der Waals surface area contributed by atoms with Crippen LogP contribution in [0.4, 0.5) is 5.69 Å². The average Bonchev–Trinajstić information content (AvgIpc) is 3.25. The highest BCUT2D eigenvalue weighted by atomic mass is 16.5. The first kappa shape index (κ1) is 17.9. The van der Waals surface area contributed by atoms with E-state index < -0.39 is 0 Å². The van der Waals surface area contributed by atoms with Crippen molar-refractivity contribution in [2.75, 3.05) is 11.9 Å². The third kappa shape index (κ3) is 3.61. The van der Waals surface area contributed by atoms with Gasteiger partial charge in [0.05, 0.1) is 12.6 Å². The number of ether oxygens (including phenoxy) is 1. The molecule has 5 rings (SSSR count). The SMILES string of the molecule is Oc1ccc(C2Nc3ccc(OCCc4ccccc4)cc3C3C=CCC32)cc1. The molecule has 29 heavy (non-hydrogen) atoms. The van der Waals surface area contributed by atoms with E-state index in [1.54, 1.807) is 12.1 Å². The van der Waals surface area contributed by atoms with Gasteiger partial charge in [-0.15, -0.1) is 0 Å². The van der Waals surface area contributed by atoms with E-state index in [0.717, 1.165) is 18.6 Å². The number of hydrogen-bond donors (Lipinski definition) is 2. The van der Waals surface area contributed by atoms with Crippen LogP contribution in [0.25, 0.3) is 0 Å². The fourth-order valence-electron chi connectivity index (χ4n) is 4.61. The molecule has 0 amide bonds. The Kier molecular flexibility index (Phi) is 4.73. The molecule has 0 saturated carbocycles. The van der Waals surface area contributed by atoms with E-state index in [0.29, 0.717) is 24.2 Å². The molecule has 1 heterocycles. The van der Waals surface area contributed by atoms with Crippen molar-refractivity contribution in [2.45, 2.75) is 24.8 Å². The minimum atomic E-state index is 0.243. The lowest BCUT2D eigenvalue weighted by atomic mass is 9.77. The monoisotopic (exact) mass is 383 g/mol. The highest BCUT2D eigenvalue weighted by molar-refractivity contribution is 5.61. The number of aromatic hydroxyl groups is 1. The van der Waals surface area contributed by atoms with Gasteiger partial charge in [-0.1, -0.05) is 54.6 Å². The highest BCUT2D eigenvalue weighted by Crippen LogP contribution is 2.50. The largest absolute Gasteiger partial charge is 0.508 e. The summed E-state index contributed by atoms with van der Waals surface area (Å²) in [7, 11) is 0. The first-order chi connectivity index (χ1) is 14.3. The molecule has 3 unspecified atom stereocenters. The molecule has 1 aliphatic heterocycles. The molecule has 0 spiro atoms. The van der Waals surface area contributed by atoms with Gasteiger partial charge in [0.1, 0.15) is 11.5 Å². The predicted octanol–water partition coefficient (Wildman–Crippen LogP) is 5.84. The minimum absolute atomic E-state index is 0.243. The second kappa shape index (κ2) is 7.67. The summed E-state index contributed by atoms with van der Waals surface area (Å²) >= 11 is 0. The number of phenols is 1. The number of nitrogens with one attached hydrogen (secondary N) is 1. The highest BCUT2D eigenvalue weighted by Gasteiger charge is 2.38. The standard InChI is InChI=1S/C26H25NO2/c28-20-11-9-19(10-12-20)26-23-8-4-7-22(23)24-17-21(13-14-25(24)27-26)29-16-15-18-5-2-1-3-6-18/h1-7,9-14,17,22-23,26-28H,8,15-16H2. The van der Waals surface area contributed by atoms with E-state index in [1.807, 2.05) is 18.2 Å². The molecule has 146 valence electrons. The molecule has 0 saturated heterocycles. The summed E-state index contributed by atoms with van der Waals surface area (Å²) < 4.78 is 6.07. The lowest BCUT2D eigenvalue weighted by Crippen LogP contribution is -2.29. The first-order valence-corrected chi connectivity index (χ1v) is 10.3. The predicted molar refractivity (Wildman–Crippen MR) is 117 cm³/mol. The maximum absolute atomic E-state index is 9.63. The van der Waals surface area contributed by atoms with Crippen molar-refractivity contribution in [3.8, 4) is 11.5 Å². The smallest absolute Gasteiger partial charge is 0.119 e. The van der Waals surface area contributed by atoms with Gasteiger partial charge in [0, 0.05) is 18.0 Å². The van der Waals surface area contributed by atoms with Crippen LogP contribution < -0.4 is 10.1 Å². The van der Waals surface area contributed by atoms with Crippen LogP contribution in [-0.2, 0) is 6.42 Å². The van der Waals surface area contributed by atoms with Gasteiger partial charge in [-0.05, 0) is 59.4 Å². The lowest BCUT2D eigenvalue weighted by molar-refractivity contribution is 0.320. The molecular formula is C26H25NO2. The Labute approximate surface area is 171 Å². The topological polar surface area (TPSA) is 41.5 Å². The molecule has 3 aromatic rings. The van der Waals surface area contributed by atoms with Gasteiger partial charge in [-0.2, -0.15) is 0 Å². The van der Waals surface area contributed by atoms with Gasteiger partial charge in [0.25, 0.3) is 0 Å². The zero-order valence-corrected chi connectivity index (χ0v) is 16.3. The van der Waals surface area contributed by atoms with Gasteiger partial charge >= 0.3 is 0 Å². The molecule has 0 bridgehead atoms. The van der Waals surface area contributed by atoms with Crippen LogP contribution in [0.15, 0.2) is 84.9 Å². The van der Waals surface area contributed by atoms with E-state index in [9.17, 15) is 5.11 Å². The molecule has 3 heteroatoms. The summed E-state index contributed by atoms with van der Waals surface area (Å²) in [5, 5.41) is 13.4. The van der Waals surface area contributed by atoms with Crippen molar-refractivity contribution in [1.29, 1.82) is 0 Å². The Morgan fingerprint density at radius 1 is 0.966 bits per heavy atom. The van der Waals surface area contributed by atoms with E-state index in [4.69, 9.17) is 4.74 Å². The number of fused-ring (bicyclic) bond motifs is 3. The Hall–Kier alpha value is -3.20. The van der Waals surface area contributed by atoms with E-state index in [1.165, 1.54) is 22.4 Å². The molecule has 0 radical (unpaired) electrons. The fraction of sp³-hybridized carbons (Fsp3) is 0.231. The number of phenolic OH excluding ortho intramolecular Hbond substituents is 1. The number of anilines is 1. The van der Waals surface area contributed by atoms with Crippen LogP contribution in [0.1, 0.15) is 35.1 Å². The van der Waals surface area contributed by atoms with Crippen LogP contribution in [-0.4, -0.2) is 11.7 Å². The van der Waals surface area contributed by atoms with E-state index in [-0.39, 0.29) is 6.04 Å². The summed E-state index contributed by atoms with van der Waals surface area (Å²) in [4.78, 5) is 0. The van der Waals surface area contributed by atoms with Crippen LogP contribution in [0, 0.1) is 5.92 Å². The fourth-order valence-corrected chi connectivity index (χ4v) is 4.61. The number of allylic oxidation sites excluding steroid dienone is 2. The Morgan fingerprint density at radius 3 is 2.62 bits per heavy atom. The number of rotatable bonds is 5. The molecular weight excluding hydrogens is 358 g/mol. The van der Waals surface area contributed by atoms with Crippen LogP contribution in [0.2, 0.25) is 0 Å². The summed E-state index contributed by atoms with van der Waals surface area (Å²) in [5.74, 6) is 2.11. The Balaban J connectivity index is 1.35. The van der Waals surface area contributed by atoms with Gasteiger partial charge in [-0.3, -0.25) is 0 Å². The molecule has 3 atom stereocenters. The lowest BCUT2D eigenvalue weighted by Gasteiger charge is -2.37. The van der Waals surface area contributed by atoms with E-state index >= 15 is 0 Å². The third-order valence-corrected chi connectivity index (χ3v) is 6.09. The van der Waals surface area contributed by atoms with Crippen molar-refractivity contribution in [3.63, 3.8) is 0 Å². The summed E-state index contributed by atoms with van der Waals surface area (Å²) in [6.45, 7) is 0.677. The van der Waals surface area contributed by atoms with E-state index in [2.05, 4.69) is 59.9 Å². The van der Waals surface area contributed by atoms with Gasteiger partial charge < -0.3 is 15.2 Å². The maximum Gasteiger partial charge on any atom is 0.119 e. The maximum atomic E-state index is 9.63. The van der Waals surface area contributed by atoms with Gasteiger partial charge in [0.2, 0.25) is 0 Å². The van der Waals surface area contributed by atoms with Crippen molar-refractivity contribution in [3.05, 3.63) is 102 Å². The third-order valence-electron chi connectivity index (χ3n) is 6.09. The van der Waals surface area contributed by atoms with Crippen molar-refractivity contribution in [2.24, 2.45) is 5.92 Å². The Bertz CT molecular complexity index is 1010. The molecule has 0 fully saturated rings. The van der Waals surface area contributed by atoms with Crippen molar-refractivity contribution in [1.82, 2.24) is 0 Å². The summed E-state index contributed by atoms with van der Waals surface area (Å²) in [6.07, 6.45) is 6.60. The van der Waals surface area contributed by atoms with Gasteiger partial charge in [0.15, 0.2) is 0 Å². The summed E-state index contributed by atoms with van der Waals surface area (Å²) in [6, 6.07) is 24.7. The van der Waals surface area contributed by atoms with Crippen LogP contribution in [0.5, 0.6) is 11.5 Å². The quantitative estimate of drug-likeness (QED) is 0.544. The van der Waals surface area contributed by atoms with Gasteiger partial charge in [-0.25, -0.2) is 0 Å². The first-order valence-electron chi connectivity index (χ1n) is 10.3. The summed E-state index contributed by atoms with van der Waals surface area (Å²) in [5.41, 5.74) is 5.00.